The van der Waals surface area contributed by atoms with Crippen LogP contribution >= 0.6 is 23.2 Å². The Labute approximate surface area is 773 Å². The van der Waals surface area contributed by atoms with E-state index in [-0.39, 0.29) is 112 Å². The maximum absolute atomic E-state index is 13.6. The molecule has 41 heteroatoms. The van der Waals surface area contributed by atoms with Crippen molar-refractivity contribution in [2.45, 2.75) is 292 Å². The predicted octanol–water partition coefficient (Wildman–Crippen LogP) is 4.44. The van der Waals surface area contributed by atoms with E-state index in [9.17, 15) is 71.9 Å². The van der Waals surface area contributed by atoms with E-state index >= 15 is 0 Å². The minimum atomic E-state index is -1.01. The minimum absolute atomic E-state index is 0.00188. The van der Waals surface area contributed by atoms with Gasteiger partial charge in [-0.1, -0.05) is 137 Å². The van der Waals surface area contributed by atoms with Crippen LogP contribution in [0.2, 0.25) is 10.0 Å². The lowest BCUT2D eigenvalue weighted by Crippen LogP contribution is -2.73. The van der Waals surface area contributed by atoms with Crippen LogP contribution in [0.4, 0.5) is 16.2 Å². The lowest BCUT2D eigenvalue weighted by molar-refractivity contribution is -0.428. The van der Waals surface area contributed by atoms with Crippen molar-refractivity contribution in [3.05, 3.63) is 93.5 Å². The molecule has 0 aliphatic carbocycles. The molecule has 131 heavy (non-hydrogen) atoms. The Morgan fingerprint density at radius 1 is 0.435 bits per heavy atom. The molecular formula is C90H134Cl2N14O25+2. The van der Waals surface area contributed by atoms with Crippen LogP contribution in [0.3, 0.4) is 0 Å². The number of amides is 10. The van der Waals surface area contributed by atoms with Gasteiger partial charge in [-0.2, -0.15) is 0 Å². The van der Waals surface area contributed by atoms with Gasteiger partial charge >= 0.3 is 35.9 Å². The van der Waals surface area contributed by atoms with Crippen molar-refractivity contribution in [2.24, 2.45) is 21.7 Å². The molecule has 39 nitrogen and oxygen atoms in total. The minimum Gasteiger partial charge on any atom is -0.478 e. The molecule has 0 aromatic heterocycles. The number of hydrogen-bond acceptors (Lipinski definition) is 26. The van der Waals surface area contributed by atoms with Crippen molar-refractivity contribution in [1.82, 2.24) is 51.5 Å². The average Bonchev–Trinajstić information content (AvgIpc) is 1.71. The Kier molecular flexibility index (Phi) is 39.6. The van der Waals surface area contributed by atoms with Gasteiger partial charge in [-0.05, 0) is 132 Å². The van der Waals surface area contributed by atoms with Crippen LogP contribution in [0.15, 0.2) is 66.7 Å². The van der Waals surface area contributed by atoms with Crippen LogP contribution < -0.4 is 54.8 Å². The monoisotopic (exact) mass is 1880 g/mol. The van der Waals surface area contributed by atoms with Gasteiger partial charge in [-0.25, -0.2) is 9.59 Å². The molecule has 1 unspecified atom stereocenters. The topological polar surface area (TPSA) is 552 Å². The molecule has 0 spiro atoms. The highest BCUT2D eigenvalue weighted by Crippen LogP contribution is 2.33. The third-order valence-electron chi connectivity index (χ3n) is 23.0. The van der Waals surface area contributed by atoms with Crippen molar-refractivity contribution in [2.75, 3.05) is 64.1 Å². The fourth-order valence-electron chi connectivity index (χ4n) is 15.4. The molecule has 16 atom stereocenters. The number of halogens is 2. The van der Waals surface area contributed by atoms with Gasteiger partial charge in [-0.15, -0.1) is 0 Å². The number of nitrogens with zero attached hydrogens (tertiary/aromatic N) is 4. The van der Waals surface area contributed by atoms with E-state index < -0.39 is 150 Å². The number of cyclic esters (lactones) is 4. The van der Waals surface area contributed by atoms with Gasteiger partial charge in [0.05, 0.1) is 52.7 Å². The molecule has 0 saturated carbocycles. The van der Waals surface area contributed by atoms with Crippen LogP contribution in [0, 0.1) is 21.7 Å². The van der Waals surface area contributed by atoms with Crippen LogP contribution in [0.5, 0.6) is 0 Å². The van der Waals surface area contributed by atoms with Crippen molar-refractivity contribution in [3.63, 3.8) is 0 Å². The number of likely N-dealkylation sites (tertiary alicyclic amines) is 4. The molecule has 8 fully saturated rings. The Bertz CT molecular complexity index is 4430. The number of carboxylic acid groups (broad SMARTS) is 1. The first kappa shape index (κ1) is 107. The summed E-state index contributed by atoms with van der Waals surface area (Å²) in [4.78, 5) is 193. The van der Waals surface area contributed by atoms with E-state index in [4.69, 9.17) is 82.4 Å². The van der Waals surface area contributed by atoms with Gasteiger partial charge in [0.25, 0.3) is 17.7 Å². The van der Waals surface area contributed by atoms with Crippen LogP contribution in [0.25, 0.3) is 0 Å². The van der Waals surface area contributed by atoms with Crippen molar-refractivity contribution >= 4 is 124 Å². The van der Waals surface area contributed by atoms with Crippen molar-refractivity contribution < 1.29 is 131 Å². The Morgan fingerprint density at radius 3 is 1.01 bits per heavy atom. The molecule has 3 aromatic rings. The standard InChI is InChI=1S/C25H35N3O7.C24H33ClN4O6.2C17H29N3O5.C7H6ClNO2/c1-5-33-23-17(14-19(29)35-23)26-21(30)18-12-9-13-28(18)22(31)20(25(2,3)4)27-24(32)34-15-16-10-7-6-8-11-16;1-5-34-23-16(12-18(30)35-23)27-21(32)17-7-6-10-29(17)22(33)19(24(2,3)4)28-20(31)13-8-9-15(26)14(25)11-13;2*1-5-24-16-10(9-12(21)25-16)19-14(22)11-7-6-8-20(11)15(23)13(18)17(2,3)4;8-5-3-4(7(10)11)1-2-6(5)9/h6-8,10-11,17-18,20,23H,5,9,12-15H2,1-4H3,(H,26,30)(H,27,32);8-9,11,16-17,19,23H,5-7,10,12,26H2,1-4H3,(H,27,32)(H,28,31);2*10-11,13,16H,5-9,18H2,1-4H3,(H,19,22);1-3H,9H2,(H,10,11)/p+2/t17-,18-,20+,23+;16-,17-,19+,23+;10-,11?,13+,16+;10-,11-,13+,16+;/m0000./s1. The molecule has 0 bridgehead atoms. The normalized spacial score (nSPS) is 23.8. The first-order valence-electron chi connectivity index (χ1n) is 44.4. The maximum Gasteiger partial charge on any atom is 0.408 e. The number of alkyl carbamates (subject to hydrolysis) is 1. The number of carbonyl (C=O) groups excluding carboxylic acids is 14. The highest BCUT2D eigenvalue weighted by atomic mass is 35.5. The molecular weight excluding hydrogens is 1750 g/mol. The Hall–Kier alpha value is -10.6. The number of esters is 4. The van der Waals surface area contributed by atoms with Crippen LogP contribution in [-0.4, -0.2) is 264 Å². The zero-order valence-corrected chi connectivity index (χ0v) is 79.3. The van der Waals surface area contributed by atoms with E-state index in [1.54, 1.807) is 37.5 Å². The van der Waals surface area contributed by atoms with Gasteiger partial charge in [-0.3, -0.25) is 62.3 Å². The van der Waals surface area contributed by atoms with Crippen LogP contribution in [0.1, 0.15) is 214 Å². The molecule has 8 aliphatic rings. The molecule has 8 heterocycles. The lowest BCUT2D eigenvalue weighted by atomic mass is 9.85. The molecule has 8 saturated heterocycles. The molecule has 17 N–H and O–H groups in total. The van der Waals surface area contributed by atoms with Gasteiger partial charge in [0.2, 0.25) is 60.6 Å². The second-order valence-corrected chi connectivity index (χ2v) is 38.0. The molecule has 8 aliphatic heterocycles. The quantitative estimate of drug-likeness (QED) is 0.0300. The number of nitrogens with two attached hydrogens (primary N) is 2. The van der Waals surface area contributed by atoms with Crippen molar-refractivity contribution in [3.8, 4) is 0 Å². The molecule has 3 aromatic carbocycles. The summed E-state index contributed by atoms with van der Waals surface area (Å²) in [5, 5.41) is 25.8. The molecule has 726 valence electrons. The summed E-state index contributed by atoms with van der Waals surface area (Å²) in [5.41, 5.74) is 19.2. The predicted molar refractivity (Wildman–Crippen MR) is 476 cm³/mol. The number of aromatic carboxylic acids is 1. The number of quaternary nitrogens is 2. The number of carbonyl (C=O) groups is 15. The number of nitrogen functional groups attached to an aromatic ring is 2. The zero-order valence-electron chi connectivity index (χ0n) is 77.8. The van der Waals surface area contributed by atoms with Crippen molar-refractivity contribution in [1.29, 1.82) is 0 Å². The number of benzene rings is 3. The molecule has 10 amide bonds. The number of ether oxygens (including phenoxy) is 9. The molecule has 0 radical (unpaired) electrons. The van der Waals surface area contributed by atoms with E-state index in [1.807, 2.05) is 113 Å². The fraction of sp³-hybridized carbons (Fsp3) is 0.633. The average molecular weight is 1880 g/mol. The number of anilines is 2. The summed E-state index contributed by atoms with van der Waals surface area (Å²) in [6.07, 6.45) is 1.24. The first-order chi connectivity index (χ1) is 61.4. The highest BCUT2D eigenvalue weighted by Gasteiger charge is 2.50. The fourth-order valence-corrected chi connectivity index (χ4v) is 15.8. The maximum atomic E-state index is 13.6. The molecule has 11 rings (SSSR count). The number of carboxylic acids is 1. The summed E-state index contributed by atoms with van der Waals surface area (Å²) in [5.74, 6) is -5.37. The zero-order chi connectivity index (χ0) is 97.5. The third-order valence-corrected chi connectivity index (χ3v) is 23.7. The lowest BCUT2D eigenvalue weighted by Gasteiger charge is -2.35. The van der Waals surface area contributed by atoms with Gasteiger partial charge in [0.1, 0.15) is 67.0 Å². The summed E-state index contributed by atoms with van der Waals surface area (Å²) < 4.78 is 47.2. The van der Waals surface area contributed by atoms with E-state index in [1.165, 1.54) is 46.2 Å². The third kappa shape index (κ3) is 30.5. The Morgan fingerprint density at radius 2 is 0.725 bits per heavy atom. The van der Waals surface area contributed by atoms with Gasteiger partial charge in [0, 0.05) is 69.0 Å². The van der Waals surface area contributed by atoms with E-state index in [2.05, 4.69) is 43.4 Å². The second kappa shape index (κ2) is 48.2. The van der Waals surface area contributed by atoms with Crippen LogP contribution in [-0.2, 0) is 107 Å². The summed E-state index contributed by atoms with van der Waals surface area (Å²) in [6, 6.07) is 10.5. The SMILES string of the molecule is CCO[C@@H]1OC(=O)C[C@@H]1NC(=O)C1CCCN1C(=O)[C@@H]([NH3+])C(C)(C)C.CCO[C@@H]1OC(=O)C[C@@H]1NC(=O)[C@@H]1CCCN1C(=O)[C@@H](NC(=O)OCc1ccccc1)C(C)(C)C.CCO[C@@H]1OC(=O)C[C@@H]1NC(=O)[C@@H]1CCCN1C(=O)[C@@H](NC(=O)c1ccc(N)c(Cl)c1)C(C)(C)C.CCO[C@@H]1OC(=O)C[C@@H]1NC(=O)[C@@H]1CCCN1C(=O)[C@@H]([NH3+])C(C)(C)C.Nc1ccc(C(=O)O)cc1Cl. The second-order valence-electron chi connectivity index (χ2n) is 37.2. The largest absolute Gasteiger partial charge is 0.478 e. The smallest absolute Gasteiger partial charge is 0.408 e. The number of hydrogen-bond donors (Lipinski definition) is 11. The number of rotatable bonds is 26. The van der Waals surface area contributed by atoms with Gasteiger partial charge in [0.15, 0.2) is 12.1 Å². The summed E-state index contributed by atoms with van der Waals surface area (Å²) in [6.45, 7) is 33.3. The highest BCUT2D eigenvalue weighted by molar-refractivity contribution is 6.33. The number of nitrogens with one attached hydrogen (secondary N) is 6. The summed E-state index contributed by atoms with van der Waals surface area (Å²) in [7, 11) is 0. The summed E-state index contributed by atoms with van der Waals surface area (Å²) >= 11 is 11.6. The first-order valence-corrected chi connectivity index (χ1v) is 45.1. The van der Waals surface area contributed by atoms with E-state index in [0.717, 1.165) is 18.4 Å². The Balaban J connectivity index is 0.000000232. The van der Waals surface area contributed by atoms with Gasteiger partial charge < -0.3 is 122 Å². The van der Waals surface area contributed by atoms with E-state index in [0.29, 0.717) is 103 Å².